The number of hydrogen-bond acceptors (Lipinski definition) is 3. The summed E-state index contributed by atoms with van der Waals surface area (Å²) in [4.78, 5) is 6.36. The summed E-state index contributed by atoms with van der Waals surface area (Å²) in [5.74, 6) is 0.254. The van der Waals surface area contributed by atoms with Crippen LogP contribution in [0.4, 0.5) is 10.1 Å². The first-order chi connectivity index (χ1) is 9.57. The molecule has 1 aliphatic heterocycles. The lowest BCUT2D eigenvalue weighted by Gasteiger charge is -2.36. The molecule has 110 valence electrons. The van der Waals surface area contributed by atoms with Crippen molar-refractivity contribution in [1.82, 2.24) is 0 Å². The van der Waals surface area contributed by atoms with Crippen molar-refractivity contribution >= 4 is 11.6 Å². The Kier molecular flexibility index (Phi) is 4.63. The molecule has 1 aromatic carbocycles. The van der Waals surface area contributed by atoms with Crippen molar-refractivity contribution in [2.45, 2.75) is 51.5 Å². The quantitative estimate of drug-likeness (QED) is 0.806. The maximum Gasteiger partial charge on any atom is 0.196 e. The van der Waals surface area contributed by atoms with Gasteiger partial charge in [-0.3, -0.25) is 4.99 Å². The van der Waals surface area contributed by atoms with E-state index in [4.69, 9.17) is 5.73 Å². The van der Waals surface area contributed by atoms with Gasteiger partial charge >= 0.3 is 0 Å². The molecule has 0 saturated carbocycles. The lowest BCUT2D eigenvalue weighted by atomic mass is 9.92. The second kappa shape index (κ2) is 6.25. The third-order valence-electron chi connectivity index (χ3n) is 3.99. The summed E-state index contributed by atoms with van der Waals surface area (Å²) >= 11 is 0. The van der Waals surface area contributed by atoms with Gasteiger partial charge in [-0.2, -0.15) is 0 Å². The predicted molar refractivity (Wildman–Crippen MR) is 82.5 cm³/mol. The molecule has 1 atom stereocenters. The number of nitrogens with zero attached hydrogens (tertiary/aromatic N) is 2. The van der Waals surface area contributed by atoms with Gasteiger partial charge in [-0.25, -0.2) is 4.39 Å². The summed E-state index contributed by atoms with van der Waals surface area (Å²) < 4.78 is 13.4. The second-order valence-corrected chi connectivity index (χ2v) is 5.80. The van der Waals surface area contributed by atoms with Crippen molar-refractivity contribution in [3.05, 3.63) is 30.1 Å². The van der Waals surface area contributed by atoms with Gasteiger partial charge in [-0.15, -0.1) is 0 Å². The summed E-state index contributed by atoms with van der Waals surface area (Å²) in [6.07, 6.45) is 5.88. The standard InChI is InChI=1S/C16H24FN3/c1-3-4-5-6-10-16(2)12-19-15(18)20(16)14-9-7-8-13(17)11-14/h7-9,11H,3-6,10,12H2,1-2H3,(H2,18,19). The Morgan fingerprint density at radius 1 is 1.35 bits per heavy atom. The molecule has 0 radical (unpaired) electrons. The molecule has 1 aliphatic rings. The van der Waals surface area contributed by atoms with E-state index in [0.29, 0.717) is 12.5 Å². The summed E-state index contributed by atoms with van der Waals surface area (Å²) in [6, 6.07) is 6.58. The van der Waals surface area contributed by atoms with Crippen LogP contribution in [0.5, 0.6) is 0 Å². The van der Waals surface area contributed by atoms with Gasteiger partial charge in [0.25, 0.3) is 0 Å². The van der Waals surface area contributed by atoms with Crippen LogP contribution in [0, 0.1) is 5.82 Å². The van der Waals surface area contributed by atoms with E-state index in [-0.39, 0.29) is 11.4 Å². The summed E-state index contributed by atoms with van der Waals surface area (Å²) in [7, 11) is 0. The highest BCUT2D eigenvalue weighted by Crippen LogP contribution is 2.32. The molecule has 1 heterocycles. The van der Waals surface area contributed by atoms with E-state index in [0.717, 1.165) is 18.5 Å². The highest BCUT2D eigenvalue weighted by Gasteiger charge is 2.38. The van der Waals surface area contributed by atoms with E-state index < -0.39 is 0 Å². The molecule has 2 rings (SSSR count). The van der Waals surface area contributed by atoms with E-state index in [2.05, 4.69) is 18.8 Å². The smallest absolute Gasteiger partial charge is 0.196 e. The van der Waals surface area contributed by atoms with Gasteiger partial charge in [0.2, 0.25) is 0 Å². The number of benzene rings is 1. The van der Waals surface area contributed by atoms with Gasteiger partial charge in [0.15, 0.2) is 5.96 Å². The number of guanidine groups is 1. The Morgan fingerprint density at radius 3 is 2.85 bits per heavy atom. The van der Waals surface area contributed by atoms with Crippen LogP contribution in [0.3, 0.4) is 0 Å². The molecule has 0 amide bonds. The van der Waals surface area contributed by atoms with Crippen LogP contribution in [0.15, 0.2) is 29.3 Å². The van der Waals surface area contributed by atoms with Crippen LogP contribution in [0.1, 0.15) is 46.0 Å². The third-order valence-corrected chi connectivity index (χ3v) is 3.99. The third kappa shape index (κ3) is 3.11. The first-order valence-electron chi connectivity index (χ1n) is 7.42. The van der Waals surface area contributed by atoms with Gasteiger partial charge in [-0.05, 0) is 31.5 Å². The monoisotopic (exact) mass is 277 g/mol. The fourth-order valence-corrected chi connectivity index (χ4v) is 2.85. The first-order valence-corrected chi connectivity index (χ1v) is 7.42. The maximum absolute atomic E-state index is 13.4. The van der Waals surface area contributed by atoms with E-state index in [1.807, 2.05) is 11.0 Å². The number of unbranched alkanes of at least 4 members (excludes halogenated alkanes) is 3. The topological polar surface area (TPSA) is 41.6 Å². The number of aliphatic imine (C=N–C) groups is 1. The molecule has 0 bridgehead atoms. The Hall–Kier alpha value is -1.58. The molecule has 0 saturated heterocycles. The van der Waals surface area contributed by atoms with Crippen LogP contribution < -0.4 is 10.6 Å². The number of hydrogen-bond donors (Lipinski definition) is 1. The molecule has 4 heteroatoms. The molecule has 20 heavy (non-hydrogen) atoms. The lowest BCUT2D eigenvalue weighted by molar-refractivity contribution is 0.434. The van der Waals surface area contributed by atoms with Crippen molar-refractivity contribution in [2.75, 3.05) is 11.4 Å². The normalized spacial score (nSPS) is 22.1. The van der Waals surface area contributed by atoms with Crippen LogP contribution in [-0.2, 0) is 0 Å². The zero-order chi connectivity index (χ0) is 14.6. The van der Waals surface area contributed by atoms with Crippen molar-refractivity contribution < 1.29 is 4.39 Å². The Morgan fingerprint density at radius 2 is 2.15 bits per heavy atom. The molecule has 3 nitrogen and oxygen atoms in total. The van der Waals surface area contributed by atoms with Crippen molar-refractivity contribution in [2.24, 2.45) is 10.7 Å². The highest BCUT2D eigenvalue weighted by atomic mass is 19.1. The zero-order valence-electron chi connectivity index (χ0n) is 12.4. The molecule has 1 aromatic rings. The molecule has 2 N–H and O–H groups in total. The molecular weight excluding hydrogens is 253 g/mol. The van der Waals surface area contributed by atoms with Crippen LogP contribution in [0.2, 0.25) is 0 Å². The minimum Gasteiger partial charge on any atom is -0.369 e. The lowest BCUT2D eigenvalue weighted by Crippen LogP contribution is -2.50. The van der Waals surface area contributed by atoms with Gasteiger partial charge < -0.3 is 10.6 Å². The number of rotatable bonds is 6. The Balaban J connectivity index is 2.13. The summed E-state index contributed by atoms with van der Waals surface area (Å²) in [5.41, 5.74) is 6.68. The van der Waals surface area contributed by atoms with Crippen LogP contribution >= 0.6 is 0 Å². The molecular formula is C16H24FN3. The van der Waals surface area contributed by atoms with E-state index in [1.165, 1.54) is 31.4 Å². The maximum atomic E-state index is 13.4. The Labute approximate surface area is 120 Å². The minimum atomic E-state index is -0.240. The van der Waals surface area contributed by atoms with E-state index in [9.17, 15) is 4.39 Å². The molecule has 0 aromatic heterocycles. The first kappa shape index (κ1) is 14.8. The van der Waals surface area contributed by atoms with Gasteiger partial charge in [0, 0.05) is 5.69 Å². The van der Waals surface area contributed by atoms with Gasteiger partial charge in [-0.1, -0.05) is 38.7 Å². The van der Waals surface area contributed by atoms with Crippen LogP contribution in [-0.4, -0.2) is 18.0 Å². The zero-order valence-corrected chi connectivity index (χ0v) is 12.4. The summed E-state index contributed by atoms with van der Waals surface area (Å²) in [5, 5.41) is 0. The number of anilines is 1. The molecule has 1 unspecified atom stereocenters. The number of nitrogens with two attached hydrogens (primary N) is 1. The highest BCUT2D eigenvalue weighted by molar-refractivity contribution is 5.98. The van der Waals surface area contributed by atoms with Crippen LogP contribution in [0.25, 0.3) is 0 Å². The fraction of sp³-hybridized carbons (Fsp3) is 0.562. The van der Waals surface area contributed by atoms with Crippen molar-refractivity contribution in [3.63, 3.8) is 0 Å². The van der Waals surface area contributed by atoms with Crippen molar-refractivity contribution in [3.8, 4) is 0 Å². The van der Waals surface area contributed by atoms with Crippen molar-refractivity contribution in [1.29, 1.82) is 0 Å². The van der Waals surface area contributed by atoms with E-state index >= 15 is 0 Å². The molecule has 0 spiro atoms. The Bertz CT molecular complexity index is 486. The second-order valence-electron chi connectivity index (χ2n) is 5.80. The molecule has 0 fully saturated rings. The van der Waals surface area contributed by atoms with Gasteiger partial charge in [0.1, 0.15) is 5.82 Å². The largest absolute Gasteiger partial charge is 0.369 e. The summed E-state index contributed by atoms with van der Waals surface area (Å²) in [6.45, 7) is 5.05. The predicted octanol–water partition coefficient (Wildman–Crippen LogP) is 3.69. The minimum absolute atomic E-state index is 0.133. The van der Waals surface area contributed by atoms with Gasteiger partial charge in [0.05, 0.1) is 12.1 Å². The van der Waals surface area contributed by atoms with E-state index in [1.54, 1.807) is 6.07 Å². The fourth-order valence-electron chi connectivity index (χ4n) is 2.85. The average molecular weight is 277 g/mol. The average Bonchev–Trinajstić information content (AvgIpc) is 2.71. The molecule has 0 aliphatic carbocycles. The number of halogens is 1. The SMILES string of the molecule is CCCCCCC1(C)CN=C(N)N1c1cccc(F)c1.